The minimum Gasteiger partial charge on any atom is -0.267 e. The van der Waals surface area contributed by atoms with Crippen molar-refractivity contribution in [3.05, 3.63) is 101 Å². The highest BCUT2D eigenvalue weighted by molar-refractivity contribution is 6.00. The van der Waals surface area contributed by atoms with E-state index in [9.17, 15) is 4.79 Å². The first-order valence-electron chi connectivity index (χ1n) is 9.51. The molecule has 1 aromatic heterocycles. The highest BCUT2D eigenvalue weighted by Crippen LogP contribution is 2.16. The average molecular weight is 382 g/mol. The lowest BCUT2D eigenvalue weighted by Crippen LogP contribution is -2.18. The molecule has 0 radical (unpaired) electrons. The molecule has 0 bridgehead atoms. The van der Waals surface area contributed by atoms with Crippen LogP contribution >= 0.6 is 0 Å². The molecule has 0 fully saturated rings. The Morgan fingerprint density at radius 3 is 2.66 bits per heavy atom. The maximum atomic E-state index is 12.5. The number of hydrogen-bond donors (Lipinski definition) is 1. The Morgan fingerprint density at radius 2 is 1.83 bits per heavy atom. The lowest BCUT2D eigenvalue weighted by Gasteiger charge is -2.07. The Labute approximate surface area is 169 Å². The molecule has 5 nitrogen and oxygen atoms in total. The first kappa shape index (κ1) is 18.6. The number of nitrogens with zero attached hydrogens (tertiary/aromatic N) is 3. The Balaban J connectivity index is 1.47. The summed E-state index contributed by atoms with van der Waals surface area (Å²) in [6.45, 7) is 4.62. The molecule has 1 N–H and O–H groups in total. The maximum Gasteiger partial charge on any atom is 0.271 e. The van der Waals surface area contributed by atoms with Crippen molar-refractivity contribution in [3.63, 3.8) is 0 Å². The number of benzene rings is 3. The summed E-state index contributed by atoms with van der Waals surface area (Å²) in [4.78, 5) is 12.5. The summed E-state index contributed by atoms with van der Waals surface area (Å²) in [5, 5.41) is 10.9. The molecule has 0 atom stereocenters. The molecule has 0 aliphatic carbocycles. The average Bonchev–Trinajstić information content (AvgIpc) is 3.05. The molecule has 4 rings (SSSR count). The van der Waals surface area contributed by atoms with Crippen LogP contribution in [0.4, 0.5) is 0 Å². The number of hydrogen-bond acceptors (Lipinski definition) is 3. The second kappa shape index (κ2) is 8.10. The van der Waals surface area contributed by atoms with Crippen molar-refractivity contribution in [1.29, 1.82) is 0 Å². The zero-order valence-corrected chi connectivity index (χ0v) is 16.5. The summed E-state index contributed by atoms with van der Waals surface area (Å²) in [5.74, 6) is -0.239. The molecular weight excluding hydrogens is 360 g/mol. The topological polar surface area (TPSA) is 59.3 Å². The number of carbonyl (C=O) groups excluding carboxylic acids is 1. The van der Waals surface area contributed by atoms with Crippen LogP contribution in [0.25, 0.3) is 10.8 Å². The van der Waals surface area contributed by atoms with E-state index in [1.54, 1.807) is 12.3 Å². The number of nitrogens with one attached hydrogen (secondary N) is 1. The Hall–Kier alpha value is -3.73. The van der Waals surface area contributed by atoms with Crippen molar-refractivity contribution >= 4 is 22.9 Å². The summed E-state index contributed by atoms with van der Waals surface area (Å²) in [6.07, 6.45) is 1.68. The molecule has 3 aromatic carbocycles. The SMILES string of the molecule is Cc1cc(C)n(Cc2cccc(C(=O)NN=Cc3cccc4ccccc34)c2)n1. The van der Waals surface area contributed by atoms with Crippen molar-refractivity contribution < 1.29 is 4.79 Å². The van der Waals surface area contributed by atoms with Gasteiger partial charge in [0.25, 0.3) is 5.91 Å². The van der Waals surface area contributed by atoms with Crippen molar-refractivity contribution in [1.82, 2.24) is 15.2 Å². The molecule has 1 amide bonds. The van der Waals surface area contributed by atoms with Crippen LogP contribution in [0.2, 0.25) is 0 Å². The second-order valence-corrected chi connectivity index (χ2v) is 7.05. The first-order valence-corrected chi connectivity index (χ1v) is 9.51. The molecule has 0 unspecified atom stereocenters. The van der Waals surface area contributed by atoms with Gasteiger partial charge in [-0.2, -0.15) is 10.2 Å². The van der Waals surface area contributed by atoms with E-state index in [-0.39, 0.29) is 5.91 Å². The van der Waals surface area contributed by atoms with Crippen molar-refractivity contribution in [2.24, 2.45) is 5.10 Å². The lowest BCUT2D eigenvalue weighted by molar-refractivity contribution is 0.0955. The van der Waals surface area contributed by atoms with Crippen LogP contribution in [0.1, 0.15) is 32.9 Å². The quantitative estimate of drug-likeness (QED) is 0.409. The van der Waals surface area contributed by atoms with E-state index in [2.05, 4.69) is 27.8 Å². The summed E-state index contributed by atoms with van der Waals surface area (Å²) in [6, 6.07) is 23.7. The minimum absolute atomic E-state index is 0.239. The Bertz CT molecular complexity index is 1200. The Kier molecular flexibility index (Phi) is 5.20. The molecule has 144 valence electrons. The van der Waals surface area contributed by atoms with Gasteiger partial charge in [-0.25, -0.2) is 5.43 Å². The van der Waals surface area contributed by atoms with Crippen LogP contribution < -0.4 is 5.43 Å². The van der Waals surface area contributed by atoms with Crippen LogP contribution in [-0.4, -0.2) is 21.9 Å². The van der Waals surface area contributed by atoms with Gasteiger partial charge in [0.1, 0.15) is 0 Å². The van der Waals surface area contributed by atoms with Crippen LogP contribution in [0, 0.1) is 13.8 Å². The number of aromatic nitrogens is 2. The molecule has 0 saturated carbocycles. The zero-order valence-electron chi connectivity index (χ0n) is 16.5. The largest absolute Gasteiger partial charge is 0.271 e. The summed E-state index contributed by atoms with van der Waals surface area (Å²) in [5.41, 5.74) is 7.25. The minimum atomic E-state index is -0.239. The van der Waals surface area contributed by atoms with Gasteiger partial charge < -0.3 is 0 Å². The summed E-state index contributed by atoms with van der Waals surface area (Å²) < 4.78 is 1.94. The third-order valence-corrected chi connectivity index (χ3v) is 4.82. The molecule has 0 saturated heterocycles. The number of amides is 1. The highest BCUT2D eigenvalue weighted by atomic mass is 16.2. The van der Waals surface area contributed by atoms with Gasteiger partial charge in [0.15, 0.2) is 0 Å². The fourth-order valence-corrected chi connectivity index (χ4v) is 3.41. The van der Waals surface area contributed by atoms with Crippen molar-refractivity contribution in [2.75, 3.05) is 0 Å². The third-order valence-electron chi connectivity index (χ3n) is 4.82. The maximum absolute atomic E-state index is 12.5. The van der Waals surface area contributed by atoms with Gasteiger partial charge in [-0.15, -0.1) is 0 Å². The molecule has 4 aromatic rings. The zero-order chi connectivity index (χ0) is 20.2. The number of hydrazone groups is 1. The fraction of sp³-hybridized carbons (Fsp3) is 0.125. The van der Waals surface area contributed by atoms with Crippen LogP contribution in [0.5, 0.6) is 0 Å². The fourth-order valence-electron chi connectivity index (χ4n) is 3.41. The standard InChI is InChI=1S/C24H22N4O/c1-17-13-18(2)28(27-17)16-19-7-5-10-21(14-19)24(29)26-25-15-22-11-6-9-20-8-3-4-12-23(20)22/h3-15H,16H2,1-2H3,(H,26,29). The second-order valence-electron chi connectivity index (χ2n) is 7.05. The van der Waals surface area contributed by atoms with E-state index < -0.39 is 0 Å². The monoisotopic (exact) mass is 382 g/mol. The molecule has 0 aliphatic heterocycles. The molecule has 5 heteroatoms. The molecule has 0 spiro atoms. The van der Waals surface area contributed by atoms with E-state index in [1.165, 1.54) is 0 Å². The van der Waals surface area contributed by atoms with Crippen molar-refractivity contribution in [3.8, 4) is 0 Å². The van der Waals surface area contributed by atoms with Gasteiger partial charge in [-0.05, 0) is 48.4 Å². The normalized spacial score (nSPS) is 11.2. The van der Waals surface area contributed by atoms with Crippen LogP contribution in [-0.2, 0) is 6.54 Å². The molecule has 29 heavy (non-hydrogen) atoms. The Morgan fingerprint density at radius 1 is 1.03 bits per heavy atom. The van der Waals surface area contributed by atoms with Gasteiger partial charge in [0, 0.05) is 16.8 Å². The third kappa shape index (κ3) is 4.24. The van der Waals surface area contributed by atoms with Gasteiger partial charge in [-0.1, -0.05) is 54.6 Å². The number of rotatable bonds is 5. The van der Waals surface area contributed by atoms with Gasteiger partial charge in [-0.3, -0.25) is 9.48 Å². The van der Waals surface area contributed by atoms with Gasteiger partial charge in [0.2, 0.25) is 0 Å². The number of aryl methyl sites for hydroxylation is 2. The smallest absolute Gasteiger partial charge is 0.267 e. The van der Waals surface area contributed by atoms with E-state index >= 15 is 0 Å². The predicted octanol–water partition coefficient (Wildman–Crippen LogP) is 4.47. The van der Waals surface area contributed by atoms with E-state index in [0.717, 1.165) is 33.3 Å². The molecular formula is C24H22N4O. The number of fused-ring (bicyclic) bond motifs is 1. The summed E-state index contributed by atoms with van der Waals surface area (Å²) in [7, 11) is 0. The number of carbonyl (C=O) groups is 1. The summed E-state index contributed by atoms with van der Waals surface area (Å²) >= 11 is 0. The molecule has 0 aliphatic rings. The van der Waals surface area contributed by atoms with Crippen molar-refractivity contribution in [2.45, 2.75) is 20.4 Å². The van der Waals surface area contributed by atoms with E-state index in [4.69, 9.17) is 0 Å². The van der Waals surface area contributed by atoms with E-state index in [0.29, 0.717) is 12.1 Å². The molecule has 1 heterocycles. The first-order chi connectivity index (χ1) is 14.1. The highest BCUT2D eigenvalue weighted by Gasteiger charge is 2.07. The van der Waals surface area contributed by atoms with Crippen LogP contribution in [0.3, 0.4) is 0 Å². The lowest BCUT2D eigenvalue weighted by atomic mass is 10.1. The van der Waals surface area contributed by atoms with Gasteiger partial charge >= 0.3 is 0 Å². The predicted molar refractivity (Wildman–Crippen MR) is 116 cm³/mol. The van der Waals surface area contributed by atoms with Gasteiger partial charge in [0.05, 0.1) is 18.5 Å². The van der Waals surface area contributed by atoms with E-state index in [1.807, 2.05) is 73.1 Å². The van der Waals surface area contributed by atoms with Crippen LogP contribution in [0.15, 0.2) is 77.9 Å².